The van der Waals surface area contributed by atoms with E-state index in [2.05, 4.69) is 27.9 Å². The van der Waals surface area contributed by atoms with E-state index < -0.39 is 0 Å². The third-order valence-electron chi connectivity index (χ3n) is 2.99. The SMILES string of the molecule is Cc1ccc(C)c(C(=O)C=CNc2ccc(I)cc2)c1. The summed E-state index contributed by atoms with van der Waals surface area (Å²) in [5.41, 5.74) is 3.82. The fourth-order valence-electron chi connectivity index (χ4n) is 1.85. The highest BCUT2D eigenvalue weighted by Crippen LogP contribution is 2.13. The highest BCUT2D eigenvalue weighted by atomic mass is 127. The van der Waals surface area contributed by atoms with Crippen molar-refractivity contribution in [3.63, 3.8) is 0 Å². The van der Waals surface area contributed by atoms with E-state index in [0.29, 0.717) is 0 Å². The molecule has 0 bridgehead atoms. The maximum absolute atomic E-state index is 12.1. The number of carbonyl (C=O) groups is 1. The standard InChI is InChI=1S/C17H16INO/c1-12-3-4-13(2)16(11-12)17(20)9-10-19-15-7-5-14(18)6-8-15/h3-11,19H,1-2H3. The Hall–Kier alpha value is -1.62. The normalized spacial score (nSPS) is 10.8. The van der Waals surface area contributed by atoms with Gasteiger partial charge in [0.1, 0.15) is 0 Å². The second kappa shape index (κ2) is 6.70. The summed E-state index contributed by atoms with van der Waals surface area (Å²) in [6.07, 6.45) is 3.26. The number of rotatable bonds is 4. The molecule has 0 aromatic heterocycles. The third kappa shape index (κ3) is 3.93. The molecule has 3 heteroatoms. The van der Waals surface area contributed by atoms with Crippen molar-refractivity contribution in [3.8, 4) is 0 Å². The Balaban J connectivity index is 2.05. The van der Waals surface area contributed by atoms with Crippen LogP contribution in [0.15, 0.2) is 54.7 Å². The number of hydrogen-bond acceptors (Lipinski definition) is 2. The predicted octanol–water partition coefficient (Wildman–Crippen LogP) is 4.72. The summed E-state index contributed by atoms with van der Waals surface area (Å²) in [6, 6.07) is 13.9. The van der Waals surface area contributed by atoms with Crippen molar-refractivity contribution >= 4 is 34.1 Å². The Morgan fingerprint density at radius 3 is 2.50 bits per heavy atom. The predicted molar refractivity (Wildman–Crippen MR) is 92.2 cm³/mol. The molecular weight excluding hydrogens is 361 g/mol. The van der Waals surface area contributed by atoms with Gasteiger partial charge in [-0.3, -0.25) is 4.79 Å². The van der Waals surface area contributed by atoms with Gasteiger partial charge in [0.15, 0.2) is 5.78 Å². The number of halogens is 1. The van der Waals surface area contributed by atoms with E-state index in [1.165, 1.54) is 3.57 Å². The minimum atomic E-state index is 0.0178. The van der Waals surface area contributed by atoms with Gasteiger partial charge in [0.25, 0.3) is 0 Å². The quantitative estimate of drug-likeness (QED) is 0.475. The molecule has 0 radical (unpaired) electrons. The zero-order valence-corrected chi connectivity index (χ0v) is 13.6. The first-order valence-electron chi connectivity index (χ1n) is 6.36. The van der Waals surface area contributed by atoms with E-state index in [0.717, 1.165) is 22.4 Å². The number of hydrogen-bond donors (Lipinski definition) is 1. The topological polar surface area (TPSA) is 29.1 Å². The van der Waals surface area contributed by atoms with E-state index in [9.17, 15) is 4.79 Å². The zero-order valence-electron chi connectivity index (χ0n) is 11.5. The molecule has 0 unspecified atom stereocenters. The van der Waals surface area contributed by atoms with E-state index in [1.807, 2.05) is 56.3 Å². The summed E-state index contributed by atoms with van der Waals surface area (Å²) in [6.45, 7) is 3.94. The van der Waals surface area contributed by atoms with Gasteiger partial charge in [-0.05, 0) is 72.3 Å². The lowest BCUT2D eigenvalue weighted by Crippen LogP contribution is -1.99. The molecule has 0 aliphatic heterocycles. The van der Waals surface area contributed by atoms with Crippen molar-refractivity contribution in [2.24, 2.45) is 0 Å². The number of aryl methyl sites for hydroxylation is 2. The molecule has 2 aromatic rings. The second-order valence-electron chi connectivity index (χ2n) is 4.67. The van der Waals surface area contributed by atoms with Crippen molar-refractivity contribution in [2.45, 2.75) is 13.8 Å². The lowest BCUT2D eigenvalue weighted by Gasteiger charge is -2.04. The van der Waals surface area contributed by atoms with Crippen LogP contribution in [0.3, 0.4) is 0 Å². The van der Waals surface area contributed by atoms with Gasteiger partial charge in [-0.1, -0.05) is 17.7 Å². The number of benzene rings is 2. The van der Waals surface area contributed by atoms with Crippen LogP contribution in [-0.2, 0) is 0 Å². The molecule has 102 valence electrons. The Bertz CT molecular complexity index is 645. The summed E-state index contributed by atoms with van der Waals surface area (Å²) in [4.78, 5) is 12.1. The van der Waals surface area contributed by atoms with Crippen molar-refractivity contribution < 1.29 is 4.79 Å². The molecule has 0 saturated carbocycles. The Morgan fingerprint density at radius 2 is 1.80 bits per heavy atom. The second-order valence-corrected chi connectivity index (χ2v) is 5.91. The van der Waals surface area contributed by atoms with Crippen LogP contribution in [0.1, 0.15) is 21.5 Å². The van der Waals surface area contributed by atoms with Crippen molar-refractivity contribution in [3.05, 3.63) is 75.0 Å². The fourth-order valence-corrected chi connectivity index (χ4v) is 2.21. The summed E-state index contributed by atoms with van der Waals surface area (Å²) in [5.74, 6) is 0.0178. The maximum atomic E-state index is 12.1. The molecule has 0 atom stereocenters. The average molecular weight is 377 g/mol. The Labute approximate surface area is 133 Å². The molecular formula is C17H16INO. The number of carbonyl (C=O) groups excluding carboxylic acids is 1. The smallest absolute Gasteiger partial charge is 0.187 e. The van der Waals surface area contributed by atoms with Crippen LogP contribution in [0.2, 0.25) is 0 Å². The van der Waals surface area contributed by atoms with Crippen molar-refractivity contribution in [1.29, 1.82) is 0 Å². The molecule has 0 heterocycles. The van der Waals surface area contributed by atoms with Crippen LogP contribution in [0.25, 0.3) is 0 Å². The lowest BCUT2D eigenvalue weighted by molar-refractivity contribution is 0.104. The number of allylic oxidation sites excluding steroid dienone is 1. The molecule has 1 N–H and O–H groups in total. The molecule has 0 aliphatic carbocycles. The van der Waals surface area contributed by atoms with Crippen LogP contribution in [-0.4, -0.2) is 5.78 Å². The minimum absolute atomic E-state index is 0.0178. The van der Waals surface area contributed by atoms with Crippen molar-refractivity contribution in [1.82, 2.24) is 0 Å². The first kappa shape index (κ1) is 14.8. The van der Waals surface area contributed by atoms with E-state index in [-0.39, 0.29) is 5.78 Å². The van der Waals surface area contributed by atoms with Gasteiger partial charge >= 0.3 is 0 Å². The molecule has 0 aliphatic rings. The summed E-state index contributed by atoms with van der Waals surface area (Å²) < 4.78 is 1.18. The van der Waals surface area contributed by atoms with E-state index in [1.54, 1.807) is 12.3 Å². The average Bonchev–Trinajstić information content (AvgIpc) is 2.43. The summed E-state index contributed by atoms with van der Waals surface area (Å²) >= 11 is 2.26. The molecule has 2 aromatic carbocycles. The van der Waals surface area contributed by atoms with E-state index >= 15 is 0 Å². The fraction of sp³-hybridized carbons (Fsp3) is 0.118. The molecule has 0 fully saturated rings. The van der Waals surface area contributed by atoms with Gasteiger partial charge in [0.05, 0.1) is 0 Å². The highest BCUT2D eigenvalue weighted by Gasteiger charge is 2.05. The number of ketones is 1. The first-order valence-corrected chi connectivity index (χ1v) is 7.44. The maximum Gasteiger partial charge on any atom is 0.187 e. The highest BCUT2D eigenvalue weighted by molar-refractivity contribution is 14.1. The number of nitrogens with one attached hydrogen (secondary N) is 1. The zero-order chi connectivity index (χ0) is 14.5. The largest absolute Gasteiger partial charge is 0.362 e. The molecule has 20 heavy (non-hydrogen) atoms. The Kier molecular flexibility index (Phi) is 4.95. The summed E-state index contributed by atoms with van der Waals surface area (Å²) in [5, 5.41) is 3.10. The van der Waals surface area contributed by atoms with Crippen LogP contribution in [0.5, 0.6) is 0 Å². The molecule has 0 amide bonds. The van der Waals surface area contributed by atoms with Crippen LogP contribution in [0, 0.1) is 17.4 Å². The minimum Gasteiger partial charge on any atom is -0.362 e. The monoisotopic (exact) mass is 377 g/mol. The Morgan fingerprint density at radius 1 is 1.10 bits per heavy atom. The third-order valence-corrected chi connectivity index (χ3v) is 3.71. The van der Waals surface area contributed by atoms with Gasteiger partial charge in [-0.25, -0.2) is 0 Å². The molecule has 0 spiro atoms. The number of anilines is 1. The van der Waals surface area contributed by atoms with Crippen LogP contribution >= 0.6 is 22.6 Å². The van der Waals surface area contributed by atoms with Crippen LogP contribution in [0.4, 0.5) is 5.69 Å². The first-order chi connectivity index (χ1) is 9.56. The van der Waals surface area contributed by atoms with Gasteiger partial charge < -0.3 is 5.32 Å². The van der Waals surface area contributed by atoms with Crippen LogP contribution < -0.4 is 5.32 Å². The molecule has 2 nitrogen and oxygen atoms in total. The van der Waals surface area contributed by atoms with Gasteiger partial charge in [0, 0.05) is 27.1 Å². The van der Waals surface area contributed by atoms with Gasteiger partial charge in [-0.2, -0.15) is 0 Å². The summed E-state index contributed by atoms with van der Waals surface area (Å²) in [7, 11) is 0. The van der Waals surface area contributed by atoms with Gasteiger partial charge in [0.2, 0.25) is 0 Å². The molecule has 2 rings (SSSR count). The lowest BCUT2D eigenvalue weighted by atomic mass is 10.0. The van der Waals surface area contributed by atoms with Crippen molar-refractivity contribution in [2.75, 3.05) is 5.32 Å². The van der Waals surface area contributed by atoms with Gasteiger partial charge in [-0.15, -0.1) is 0 Å². The van der Waals surface area contributed by atoms with E-state index in [4.69, 9.17) is 0 Å². The molecule has 0 saturated heterocycles.